The Morgan fingerprint density at radius 2 is 2.43 bits per heavy atom. The van der Waals surface area contributed by atoms with Crippen molar-refractivity contribution in [3.63, 3.8) is 0 Å². The molecule has 0 aromatic carbocycles. The van der Waals surface area contributed by atoms with Crippen LogP contribution in [-0.4, -0.2) is 16.2 Å². The van der Waals surface area contributed by atoms with E-state index < -0.39 is 0 Å². The molecule has 0 radical (unpaired) electrons. The first-order valence-electron chi connectivity index (χ1n) is 4.67. The first-order valence-corrected chi connectivity index (χ1v) is 4.67. The highest BCUT2D eigenvalue weighted by Gasteiger charge is 2.01. The largest absolute Gasteiger partial charge is 0.302 e. The van der Waals surface area contributed by atoms with Crippen LogP contribution in [0.25, 0.3) is 5.52 Å². The summed E-state index contributed by atoms with van der Waals surface area (Å²) in [6.45, 7) is 3.30. The number of fused-ring (bicyclic) bond motifs is 1. The number of hydrogen-bond donors (Lipinski definition) is 1. The molecule has 0 spiro atoms. The van der Waals surface area contributed by atoms with Gasteiger partial charge in [0.05, 0.1) is 18.3 Å². The molecule has 2 aromatic rings. The molecular weight excluding hydrogens is 178 g/mol. The van der Waals surface area contributed by atoms with Crippen molar-refractivity contribution in [2.75, 3.05) is 6.61 Å². The summed E-state index contributed by atoms with van der Waals surface area (Å²) < 4.78 is 1.85. The number of nitrogens with one attached hydrogen (secondary N) is 1. The van der Waals surface area contributed by atoms with E-state index in [-0.39, 0.29) is 0 Å². The number of pyridine rings is 1. The van der Waals surface area contributed by atoms with E-state index in [1.807, 2.05) is 42.0 Å². The van der Waals surface area contributed by atoms with Crippen LogP contribution in [0.15, 0.2) is 30.6 Å². The van der Waals surface area contributed by atoms with Gasteiger partial charge in [0.1, 0.15) is 0 Å². The average molecular weight is 191 g/mol. The van der Waals surface area contributed by atoms with Gasteiger partial charge >= 0.3 is 0 Å². The predicted molar refractivity (Wildman–Crippen MR) is 53.7 cm³/mol. The summed E-state index contributed by atoms with van der Waals surface area (Å²) in [6.07, 6.45) is 3.78. The number of aromatic nitrogens is 2. The van der Waals surface area contributed by atoms with Crippen molar-refractivity contribution in [1.29, 1.82) is 0 Å². The van der Waals surface area contributed by atoms with Gasteiger partial charge in [-0.1, -0.05) is 6.07 Å². The van der Waals surface area contributed by atoms with Crippen molar-refractivity contribution < 1.29 is 4.84 Å². The molecule has 4 heteroatoms. The van der Waals surface area contributed by atoms with Crippen LogP contribution < -0.4 is 5.48 Å². The Morgan fingerprint density at radius 1 is 1.50 bits per heavy atom. The molecule has 0 fully saturated rings. The summed E-state index contributed by atoms with van der Waals surface area (Å²) in [4.78, 5) is 5.07. The quantitative estimate of drug-likeness (QED) is 0.586. The number of hydroxylamine groups is 1. The van der Waals surface area contributed by atoms with Crippen molar-refractivity contribution in [2.24, 2.45) is 0 Å². The molecule has 0 amide bonds. The van der Waals surface area contributed by atoms with Crippen LogP contribution >= 0.6 is 0 Å². The van der Waals surface area contributed by atoms with Gasteiger partial charge in [0.15, 0.2) is 0 Å². The van der Waals surface area contributed by atoms with E-state index in [0.717, 1.165) is 11.1 Å². The lowest BCUT2D eigenvalue weighted by molar-refractivity contribution is 0.0465. The fraction of sp³-hybridized carbons (Fsp3) is 0.300. The van der Waals surface area contributed by atoms with Gasteiger partial charge in [-0.25, -0.2) is 4.52 Å². The maximum atomic E-state index is 5.07. The van der Waals surface area contributed by atoms with Crippen LogP contribution in [0.3, 0.4) is 0 Å². The number of rotatable bonds is 4. The molecule has 0 aliphatic heterocycles. The Labute approximate surface area is 82.4 Å². The lowest BCUT2D eigenvalue weighted by atomic mass is 10.3. The third-order valence-electron chi connectivity index (χ3n) is 2.02. The molecule has 2 heterocycles. The van der Waals surface area contributed by atoms with Gasteiger partial charge in [0, 0.05) is 18.3 Å². The summed E-state index contributed by atoms with van der Waals surface area (Å²) in [5.74, 6) is 0. The van der Waals surface area contributed by atoms with Crippen molar-refractivity contribution in [3.8, 4) is 0 Å². The third kappa shape index (κ3) is 1.76. The molecule has 14 heavy (non-hydrogen) atoms. The molecule has 0 saturated carbocycles. The summed E-state index contributed by atoms with van der Waals surface area (Å²) in [5.41, 5.74) is 5.13. The van der Waals surface area contributed by atoms with Crippen LogP contribution in [0.5, 0.6) is 0 Å². The minimum atomic E-state index is 0.666. The highest BCUT2D eigenvalue weighted by atomic mass is 16.6. The highest BCUT2D eigenvalue weighted by Crippen LogP contribution is 2.08. The van der Waals surface area contributed by atoms with Crippen LogP contribution in [0.1, 0.15) is 12.5 Å². The van der Waals surface area contributed by atoms with Crippen molar-refractivity contribution in [2.45, 2.75) is 13.5 Å². The lowest BCUT2D eigenvalue weighted by Crippen LogP contribution is -2.13. The molecule has 4 nitrogen and oxygen atoms in total. The van der Waals surface area contributed by atoms with E-state index in [0.29, 0.717) is 13.2 Å². The standard InChI is InChI=1S/C10H13N3O/c1-2-14-12-8-9-7-11-13-6-4-3-5-10(9)13/h3-7,12H,2,8H2,1H3. The average Bonchev–Trinajstić information content (AvgIpc) is 2.63. The SMILES string of the molecule is CCONCc1cnn2ccccc12. The number of nitrogens with zero attached hydrogens (tertiary/aromatic N) is 2. The fourth-order valence-electron chi connectivity index (χ4n) is 1.35. The van der Waals surface area contributed by atoms with Crippen molar-refractivity contribution in [3.05, 3.63) is 36.2 Å². The molecule has 2 rings (SSSR count). The molecule has 2 aromatic heterocycles. The number of hydrogen-bond acceptors (Lipinski definition) is 3. The molecule has 74 valence electrons. The summed E-state index contributed by atoms with van der Waals surface area (Å²) in [6, 6.07) is 6.00. The Morgan fingerprint density at radius 3 is 3.29 bits per heavy atom. The lowest BCUT2D eigenvalue weighted by Gasteiger charge is -2.01. The zero-order chi connectivity index (χ0) is 9.80. The molecule has 0 atom stereocenters. The van der Waals surface area contributed by atoms with Gasteiger partial charge < -0.3 is 4.84 Å². The molecule has 0 aliphatic carbocycles. The van der Waals surface area contributed by atoms with Crippen LogP contribution in [-0.2, 0) is 11.4 Å². The van der Waals surface area contributed by atoms with E-state index >= 15 is 0 Å². The Kier molecular flexibility index (Phi) is 2.76. The van der Waals surface area contributed by atoms with Gasteiger partial charge in [-0.15, -0.1) is 0 Å². The van der Waals surface area contributed by atoms with E-state index in [1.54, 1.807) is 0 Å². The second-order valence-electron chi connectivity index (χ2n) is 2.95. The molecule has 0 unspecified atom stereocenters. The molecular formula is C10H13N3O. The van der Waals surface area contributed by atoms with E-state index in [2.05, 4.69) is 10.6 Å². The smallest absolute Gasteiger partial charge is 0.0707 e. The van der Waals surface area contributed by atoms with Crippen LogP contribution in [0.4, 0.5) is 0 Å². The van der Waals surface area contributed by atoms with Gasteiger partial charge in [-0.05, 0) is 19.1 Å². The normalized spacial score (nSPS) is 10.9. The van der Waals surface area contributed by atoms with Gasteiger partial charge in [-0.2, -0.15) is 10.6 Å². The molecule has 0 saturated heterocycles. The maximum absolute atomic E-state index is 5.07. The zero-order valence-corrected chi connectivity index (χ0v) is 8.10. The second-order valence-corrected chi connectivity index (χ2v) is 2.95. The van der Waals surface area contributed by atoms with Gasteiger partial charge in [0.25, 0.3) is 0 Å². The Hall–Kier alpha value is -1.39. The Bertz CT molecular complexity index is 410. The van der Waals surface area contributed by atoms with E-state index in [4.69, 9.17) is 4.84 Å². The summed E-state index contributed by atoms with van der Waals surface area (Å²) >= 11 is 0. The topological polar surface area (TPSA) is 38.6 Å². The minimum Gasteiger partial charge on any atom is -0.302 e. The van der Waals surface area contributed by atoms with E-state index in [9.17, 15) is 0 Å². The van der Waals surface area contributed by atoms with Crippen molar-refractivity contribution >= 4 is 5.52 Å². The summed E-state index contributed by atoms with van der Waals surface area (Å²) in [5, 5.41) is 4.22. The monoisotopic (exact) mass is 191 g/mol. The Balaban J connectivity index is 2.17. The van der Waals surface area contributed by atoms with Crippen molar-refractivity contribution in [1.82, 2.24) is 15.1 Å². The van der Waals surface area contributed by atoms with E-state index in [1.165, 1.54) is 0 Å². The van der Waals surface area contributed by atoms with Gasteiger partial charge in [0.2, 0.25) is 0 Å². The maximum Gasteiger partial charge on any atom is 0.0707 e. The molecule has 1 N–H and O–H groups in total. The van der Waals surface area contributed by atoms with Crippen LogP contribution in [0, 0.1) is 0 Å². The highest BCUT2D eigenvalue weighted by molar-refractivity contribution is 5.53. The van der Waals surface area contributed by atoms with Gasteiger partial charge in [-0.3, -0.25) is 0 Å². The fourth-order valence-corrected chi connectivity index (χ4v) is 1.35. The second kappa shape index (κ2) is 4.21. The van der Waals surface area contributed by atoms with Crippen LogP contribution in [0.2, 0.25) is 0 Å². The zero-order valence-electron chi connectivity index (χ0n) is 8.10. The molecule has 0 aliphatic rings. The third-order valence-corrected chi connectivity index (χ3v) is 2.02. The minimum absolute atomic E-state index is 0.666. The predicted octanol–water partition coefficient (Wildman–Crippen LogP) is 1.38. The first kappa shape index (κ1) is 9.18. The summed E-state index contributed by atoms with van der Waals surface area (Å²) in [7, 11) is 0. The first-order chi connectivity index (χ1) is 6.92. The molecule has 0 bridgehead atoms.